The van der Waals surface area contributed by atoms with E-state index in [0.29, 0.717) is 5.56 Å². The summed E-state index contributed by atoms with van der Waals surface area (Å²) in [4.78, 5) is 23.7. The number of rotatable bonds is 6. The van der Waals surface area contributed by atoms with Gasteiger partial charge < -0.3 is 19.4 Å². The molecule has 0 aliphatic carbocycles. The van der Waals surface area contributed by atoms with Gasteiger partial charge in [0.1, 0.15) is 12.4 Å². The van der Waals surface area contributed by atoms with E-state index in [0.717, 1.165) is 6.07 Å². The smallest absolute Gasteiger partial charge is 0.306 e. The van der Waals surface area contributed by atoms with Crippen LogP contribution in [0.4, 0.5) is 0 Å². The zero-order valence-corrected chi connectivity index (χ0v) is 12.7. The molecule has 6 nitrogen and oxygen atoms in total. The second kappa shape index (κ2) is 7.60. The summed E-state index contributed by atoms with van der Waals surface area (Å²) in [6, 6.07) is 9.90. The van der Waals surface area contributed by atoms with Crippen molar-refractivity contribution < 1.29 is 24.2 Å². The molecule has 0 aliphatic heterocycles. The number of carbonyl (C=O) groups excluding carboxylic acids is 1. The quantitative estimate of drug-likeness (QED) is 0.790. The molecule has 1 atom stereocenters. The molecule has 2 aromatic rings. The van der Waals surface area contributed by atoms with Gasteiger partial charge in [-0.05, 0) is 12.5 Å². The molecule has 6 heteroatoms. The minimum atomic E-state index is -0.686. The molecule has 0 amide bonds. The van der Waals surface area contributed by atoms with Crippen LogP contribution in [0.25, 0.3) is 0 Å². The molecule has 122 valence electrons. The Hall–Kier alpha value is -2.60. The first-order chi connectivity index (χ1) is 11.1. The van der Waals surface area contributed by atoms with Crippen molar-refractivity contribution in [2.75, 3.05) is 6.61 Å². The molecule has 0 fully saturated rings. The molecule has 0 radical (unpaired) electrons. The Morgan fingerprint density at radius 2 is 2.00 bits per heavy atom. The van der Waals surface area contributed by atoms with Crippen LogP contribution < -0.4 is 5.43 Å². The van der Waals surface area contributed by atoms with Gasteiger partial charge in [0.15, 0.2) is 5.76 Å². The number of aliphatic hydroxyl groups excluding tert-OH is 1. The van der Waals surface area contributed by atoms with Crippen molar-refractivity contribution in [3.05, 3.63) is 63.7 Å². The fraction of sp³-hybridized carbons (Fsp3) is 0.294. The topological polar surface area (TPSA) is 97.0 Å². The van der Waals surface area contributed by atoms with Crippen LogP contribution in [0.2, 0.25) is 0 Å². The molecule has 2 N–H and O–H groups in total. The van der Waals surface area contributed by atoms with Crippen molar-refractivity contribution in [2.24, 2.45) is 0 Å². The SMILES string of the molecule is CCOC(=O)C[C@@H](c1ccccc1)c1oc(CO)cc(=O)c1O. The van der Waals surface area contributed by atoms with Crippen molar-refractivity contribution in [1.82, 2.24) is 0 Å². The van der Waals surface area contributed by atoms with Crippen LogP contribution in [0.15, 0.2) is 45.6 Å². The maximum absolute atomic E-state index is 11.9. The van der Waals surface area contributed by atoms with E-state index in [-0.39, 0.29) is 24.5 Å². The van der Waals surface area contributed by atoms with Gasteiger partial charge in [-0.3, -0.25) is 9.59 Å². The lowest BCUT2D eigenvalue weighted by atomic mass is 9.92. The van der Waals surface area contributed by atoms with E-state index in [1.54, 1.807) is 31.2 Å². The Kier molecular flexibility index (Phi) is 5.54. The predicted molar refractivity (Wildman–Crippen MR) is 82.1 cm³/mol. The number of ether oxygens (including phenoxy) is 1. The van der Waals surface area contributed by atoms with Gasteiger partial charge >= 0.3 is 5.97 Å². The van der Waals surface area contributed by atoms with E-state index in [9.17, 15) is 19.8 Å². The number of hydrogen-bond donors (Lipinski definition) is 2. The summed E-state index contributed by atoms with van der Waals surface area (Å²) in [7, 11) is 0. The highest BCUT2D eigenvalue weighted by Gasteiger charge is 2.26. The van der Waals surface area contributed by atoms with E-state index < -0.39 is 29.7 Å². The highest BCUT2D eigenvalue weighted by Crippen LogP contribution is 2.33. The van der Waals surface area contributed by atoms with Gasteiger partial charge in [-0.15, -0.1) is 0 Å². The lowest BCUT2D eigenvalue weighted by Gasteiger charge is -2.17. The highest BCUT2D eigenvalue weighted by atomic mass is 16.5. The van der Waals surface area contributed by atoms with Crippen molar-refractivity contribution in [3.8, 4) is 5.75 Å². The first-order valence-corrected chi connectivity index (χ1v) is 7.24. The van der Waals surface area contributed by atoms with E-state index in [1.165, 1.54) is 0 Å². The maximum atomic E-state index is 11.9. The molecule has 1 heterocycles. The fourth-order valence-corrected chi connectivity index (χ4v) is 2.30. The van der Waals surface area contributed by atoms with E-state index in [1.807, 2.05) is 6.07 Å². The maximum Gasteiger partial charge on any atom is 0.306 e. The third-order valence-corrected chi connectivity index (χ3v) is 3.35. The minimum absolute atomic E-state index is 0.0209. The van der Waals surface area contributed by atoms with E-state index in [2.05, 4.69) is 0 Å². The fourth-order valence-electron chi connectivity index (χ4n) is 2.30. The second-order valence-electron chi connectivity index (χ2n) is 4.92. The molecular weight excluding hydrogens is 300 g/mol. The van der Waals surface area contributed by atoms with Crippen LogP contribution in [0, 0.1) is 0 Å². The molecular formula is C17H18O6. The summed E-state index contributed by atoms with van der Waals surface area (Å²) in [5.41, 5.74) is 0.0224. The van der Waals surface area contributed by atoms with E-state index >= 15 is 0 Å². The Morgan fingerprint density at radius 1 is 1.30 bits per heavy atom. The molecule has 0 aliphatic rings. The predicted octanol–water partition coefficient (Wildman–Crippen LogP) is 1.92. The standard InChI is InChI=1S/C17H18O6/c1-2-22-15(20)9-13(11-6-4-3-5-7-11)17-16(21)14(19)8-12(10-18)23-17/h3-8,13,18,21H,2,9-10H2,1H3/t13-/m0/s1. The Balaban J connectivity index is 2.51. The average molecular weight is 318 g/mol. The Labute approximate surface area is 133 Å². The number of aliphatic hydroxyl groups is 1. The first-order valence-electron chi connectivity index (χ1n) is 7.24. The van der Waals surface area contributed by atoms with Gasteiger partial charge in [0, 0.05) is 6.07 Å². The highest BCUT2D eigenvalue weighted by molar-refractivity contribution is 5.71. The second-order valence-corrected chi connectivity index (χ2v) is 4.92. The third kappa shape index (κ3) is 3.98. The summed E-state index contributed by atoms with van der Waals surface area (Å²) < 4.78 is 10.4. The van der Waals surface area contributed by atoms with Gasteiger partial charge in [0.05, 0.1) is 18.9 Å². The van der Waals surface area contributed by atoms with Gasteiger partial charge in [0.25, 0.3) is 0 Å². The largest absolute Gasteiger partial charge is 0.502 e. The van der Waals surface area contributed by atoms with Crippen LogP contribution in [0.3, 0.4) is 0 Å². The molecule has 0 saturated carbocycles. The summed E-state index contributed by atoms with van der Waals surface area (Å²) in [5, 5.41) is 19.2. The number of carbonyl (C=O) groups is 1. The summed E-state index contributed by atoms with van der Waals surface area (Å²) in [6.45, 7) is 1.44. The number of hydrogen-bond acceptors (Lipinski definition) is 6. The molecule has 1 aromatic carbocycles. The zero-order valence-electron chi connectivity index (χ0n) is 12.7. The van der Waals surface area contributed by atoms with Crippen molar-refractivity contribution >= 4 is 5.97 Å². The molecule has 0 bridgehead atoms. The van der Waals surface area contributed by atoms with Crippen LogP contribution in [-0.4, -0.2) is 22.8 Å². The van der Waals surface area contributed by atoms with Crippen LogP contribution in [0.5, 0.6) is 5.75 Å². The monoisotopic (exact) mass is 318 g/mol. The number of esters is 1. The molecule has 1 aromatic heterocycles. The Morgan fingerprint density at radius 3 is 2.61 bits per heavy atom. The summed E-state index contributed by atoms with van der Waals surface area (Å²) >= 11 is 0. The van der Waals surface area contributed by atoms with Crippen molar-refractivity contribution in [3.63, 3.8) is 0 Å². The lowest BCUT2D eigenvalue weighted by Crippen LogP contribution is -2.14. The van der Waals surface area contributed by atoms with Crippen LogP contribution >= 0.6 is 0 Å². The zero-order chi connectivity index (χ0) is 16.8. The lowest BCUT2D eigenvalue weighted by molar-refractivity contribution is -0.143. The number of aromatic hydroxyl groups is 1. The molecule has 0 spiro atoms. The van der Waals surface area contributed by atoms with Gasteiger partial charge in [-0.2, -0.15) is 0 Å². The molecule has 2 rings (SSSR count). The van der Waals surface area contributed by atoms with Gasteiger partial charge in [0.2, 0.25) is 11.2 Å². The number of benzene rings is 1. The molecule has 0 unspecified atom stereocenters. The summed E-state index contributed by atoms with van der Waals surface area (Å²) in [6.07, 6.45) is -0.0940. The van der Waals surface area contributed by atoms with Crippen molar-refractivity contribution in [2.45, 2.75) is 25.9 Å². The van der Waals surface area contributed by atoms with Gasteiger partial charge in [-0.25, -0.2) is 0 Å². The van der Waals surface area contributed by atoms with Gasteiger partial charge in [-0.1, -0.05) is 30.3 Å². The average Bonchev–Trinajstić information content (AvgIpc) is 2.56. The minimum Gasteiger partial charge on any atom is -0.502 e. The van der Waals surface area contributed by atoms with Crippen LogP contribution in [0.1, 0.15) is 36.3 Å². The third-order valence-electron chi connectivity index (χ3n) is 3.35. The van der Waals surface area contributed by atoms with Crippen LogP contribution in [-0.2, 0) is 16.1 Å². The molecule has 0 saturated heterocycles. The van der Waals surface area contributed by atoms with Crippen molar-refractivity contribution in [1.29, 1.82) is 0 Å². The Bertz CT molecular complexity index is 720. The molecule has 23 heavy (non-hydrogen) atoms. The van der Waals surface area contributed by atoms with E-state index in [4.69, 9.17) is 9.15 Å². The normalized spacial score (nSPS) is 11.9. The summed E-state index contributed by atoms with van der Waals surface area (Å²) in [5.74, 6) is -1.76. The first kappa shape index (κ1) is 16.8.